The molecule has 0 spiro atoms. The normalized spacial score (nSPS) is 16.3. The molecule has 0 aliphatic carbocycles. The van der Waals surface area contributed by atoms with Crippen molar-refractivity contribution in [2.75, 3.05) is 19.6 Å². The predicted molar refractivity (Wildman–Crippen MR) is 153 cm³/mol. The number of likely N-dealkylation sites (tertiary alicyclic amines) is 1. The van der Waals surface area contributed by atoms with Crippen LogP contribution in [0.15, 0.2) is 42.5 Å². The van der Waals surface area contributed by atoms with Crippen molar-refractivity contribution in [2.45, 2.75) is 77.4 Å². The lowest BCUT2D eigenvalue weighted by Gasteiger charge is -2.29. The summed E-state index contributed by atoms with van der Waals surface area (Å²) in [7, 11) is 0. The lowest BCUT2D eigenvalue weighted by atomic mass is 10.00. The van der Waals surface area contributed by atoms with Gasteiger partial charge in [-0.3, -0.25) is 19.2 Å². The second-order valence-corrected chi connectivity index (χ2v) is 10.9. The number of nitrogens with two attached hydrogens (primary N) is 1. The number of nitrogens with zero attached hydrogens (tertiary/aromatic N) is 1. The van der Waals surface area contributed by atoms with E-state index in [4.69, 9.17) is 5.73 Å². The maximum absolute atomic E-state index is 13.5. The van der Waals surface area contributed by atoms with Crippen molar-refractivity contribution in [3.63, 3.8) is 0 Å². The minimum atomic E-state index is -1.02. The molecule has 212 valence electrons. The van der Waals surface area contributed by atoms with Crippen molar-refractivity contribution >= 4 is 34.4 Å². The summed E-state index contributed by atoms with van der Waals surface area (Å²) in [4.78, 5) is 53.5. The van der Waals surface area contributed by atoms with E-state index >= 15 is 0 Å². The van der Waals surface area contributed by atoms with Crippen molar-refractivity contribution in [1.82, 2.24) is 20.9 Å². The van der Waals surface area contributed by atoms with Crippen LogP contribution in [0.4, 0.5) is 0 Å². The smallest absolute Gasteiger partial charge is 0.243 e. The van der Waals surface area contributed by atoms with Crippen LogP contribution in [0.2, 0.25) is 0 Å². The van der Waals surface area contributed by atoms with Gasteiger partial charge in [-0.2, -0.15) is 0 Å². The Morgan fingerprint density at radius 1 is 1.00 bits per heavy atom. The Hall–Kier alpha value is -3.46. The number of hydrogen-bond acceptors (Lipinski definition) is 5. The predicted octanol–water partition coefficient (Wildman–Crippen LogP) is 2.26. The van der Waals surface area contributed by atoms with Gasteiger partial charge in [-0.1, -0.05) is 56.3 Å². The number of amides is 4. The van der Waals surface area contributed by atoms with E-state index in [-0.39, 0.29) is 49.1 Å². The van der Waals surface area contributed by atoms with Crippen LogP contribution in [0, 0.1) is 5.92 Å². The van der Waals surface area contributed by atoms with Gasteiger partial charge in [-0.25, -0.2) is 0 Å². The fourth-order valence-corrected chi connectivity index (χ4v) is 4.97. The molecule has 39 heavy (non-hydrogen) atoms. The number of rotatable bonds is 12. The third-order valence-corrected chi connectivity index (χ3v) is 7.36. The Morgan fingerprint density at radius 3 is 2.33 bits per heavy atom. The molecule has 2 aromatic rings. The summed E-state index contributed by atoms with van der Waals surface area (Å²) >= 11 is 0. The molecule has 1 aliphatic rings. The van der Waals surface area contributed by atoms with Gasteiger partial charge in [0.05, 0.1) is 5.54 Å². The summed E-state index contributed by atoms with van der Waals surface area (Å²) in [5.74, 6) is -1.09. The van der Waals surface area contributed by atoms with E-state index < -0.39 is 17.6 Å². The molecular weight excluding hydrogens is 494 g/mol. The molecule has 2 atom stereocenters. The van der Waals surface area contributed by atoms with E-state index in [1.165, 1.54) is 0 Å². The standard InChI is InChI=1S/C30H43N5O4/c1-5-21(6-2)28(38)35-17-9-12-25(35)27(37)34-24(26(36)32-15-16-33-29(39)30(3,4)31)19-20-13-14-22-10-7-8-11-23(22)18-20/h7-8,10-11,13-14,18,21,24-25H,5-6,9,12,15-17,19,31H2,1-4H3,(H,32,36)(H,33,39)(H,34,37)/t24-,25?/m1/s1. The van der Waals surface area contributed by atoms with Crippen LogP contribution in [0.1, 0.15) is 58.9 Å². The molecule has 0 bridgehead atoms. The molecular formula is C30H43N5O4. The van der Waals surface area contributed by atoms with Crippen LogP contribution >= 0.6 is 0 Å². The Morgan fingerprint density at radius 2 is 1.67 bits per heavy atom. The Balaban J connectivity index is 1.73. The van der Waals surface area contributed by atoms with Crippen LogP contribution in [0.5, 0.6) is 0 Å². The zero-order valence-electron chi connectivity index (χ0n) is 23.6. The largest absolute Gasteiger partial charge is 0.353 e. The van der Waals surface area contributed by atoms with Gasteiger partial charge >= 0.3 is 0 Å². The average molecular weight is 538 g/mol. The molecule has 5 N–H and O–H groups in total. The summed E-state index contributed by atoms with van der Waals surface area (Å²) < 4.78 is 0. The van der Waals surface area contributed by atoms with Crippen molar-refractivity contribution in [3.8, 4) is 0 Å². The van der Waals surface area contributed by atoms with E-state index in [9.17, 15) is 19.2 Å². The van der Waals surface area contributed by atoms with E-state index in [0.717, 1.165) is 35.6 Å². The highest BCUT2D eigenvalue weighted by atomic mass is 16.2. The van der Waals surface area contributed by atoms with Crippen molar-refractivity contribution in [1.29, 1.82) is 0 Å². The van der Waals surface area contributed by atoms with Gasteiger partial charge in [-0.05, 0) is 55.9 Å². The van der Waals surface area contributed by atoms with Gasteiger partial charge in [-0.15, -0.1) is 0 Å². The van der Waals surface area contributed by atoms with Crippen molar-refractivity contribution in [3.05, 3.63) is 48.0 Å². The molecule has 2 aromatic carbocycles. The average Bonchev–Trinajstić information content (AvgIpc) is 3.40. The van der Waals surface area contributed by atoms with E-state index in [2.05, 4.69) is 16.0 Å². The quantitative estimate of drug-likeness (QED) is 0.308. The first-order valence-corrected chi connectivity index (χ1v) is 14.0. The van der Waals surface area contributed by atoms with Gasteiger partial charge in [0.25, 0.3) is 0 Å². The number of benzene rings is 2. The summed E-state index contributed by atoms with van der Waals surface area (Å²) in [6.45, 7) is 8.13. The summed E-state index contributed by atoms with van der Waals surface area (Å²) in [5, 5.41) is 10.6. The van der Waals surface area contributed by atoms with Crippen LogP contribution in [0.3, 0.4) is 0 Å². The Labute approximate surface area is 231 Å². The first kappa shape index (κ1) is 30.1. The van der Waals surface area contributed by atoms with Gasteiger partial charge in [0.15, 0.2) is 0 Å². The zero-order chi connectivity index (χ0) is 28.6. The highest BCUT2D eigenvalue weighted by molar-refractivity contribution is 5.93. The molecule has 9 heteroatoms. The summed E-state index contributed by atoms with van der Waals surface area (Å²) in [6.07, 6.45) is 3.07. The molecule has 1 unspecified atom stereocenters. The number of hydrogen-bond donors (Lipinski definition) is 4. The molecule has 1 aliphatic heterocycles. The minimum Gasteiger partial charge on any atom is -0.353 e. The summed E-state index contributed by atoms with van der Waals surface area (Å²) in [5.41, 5.74) is 5.69. The highest BCUT2D eigenvalue weighted by Crippen LogP contribution is 2.23. The van der Waals surface area contributed by atoms with Crippen LogP contribution in [0.25, 0.3) is 10.8 Å². The third kappa shape index (κ3) is 8.02. The lowest BCUT2D eigenvalue weighted by molar-refractivity contribution is -0.142. The van der Waals surface area contributed by atoms with E-state index in [1.54, 1.807) is 18.7 Å². The van der Waals surface area contributed by atoms with Gasteiger partial charge < -0.3 is 26.6 Å². The van der Waals surface area contributed by atoms with Crippen LogP contribution in [-0.4, -0.2) is 65.8 Å². The second-order valence-electron chi connectivity index (χ2n) is 10.9. The van der Waals surface area contributed by atoms with E-state index in [0.29, 0.717) is 13.0 Å². The molecule has 0 saturated carbocycles. The Bertz CT molecular complexity index is 1170. The molecule has 0 aromatic heterocycles. The molecule has 9 nitrogen and oxygen atoms in total. The first-order chi connectivity index (χ1) is 18.5. The molecule has 4 amide bonds. The maximum Gasteiger partial charge on any atom is 0.243 e. The van der Waals surface area contributed by atoms with E-state index in [1.807, 2.05) is 56.3 Å². The van der Waals surface area contributed by atoms with Crippen LogP contribution < -0.4 is 21.7 Å². The molecule has 0 radical (unpaired) electrons. The number of nitrogens with one attached hydrogen (secondary N) is 3. The molecule has 3 rings (SSSR count). The number of fused-ring (bicyclic) bond motifs is 1. The number of carbonyl (C=O) groups excluding carboxylic acids is 4. The number of carbonyl (C=O) groups is 4. The fraction of sp³-hybridized carbons (Fsp3) is 0.533. The molecule has 1 fully saturated rings. The second kappa shape index (κ2) is 13.6. The molecule has 1 saturated heterocycles. The Kier molecular flexibility index (Phi) is 10.5. The van der Waals surface area contributed by atoms with Crippen LogP contribution in [-0.2, 0) is 25.6 Å². The molecule has 1 heterocycles. The van der Waals surface area contributed by atoms with Gasteiger partial charge in [0.2, 0.25) is 23.6 Å². The zero-order valence-corrected chi connectivity index (χ0v) is 23.6. The van der Waals surface area contributed by atoms with Crippen molar-refractivity contribution < 1.29 is 19.2 Å². The summed E-state index contributed by atoms with van der Waals surface area (Å²) in [6, 6.07) is 12.5. The first-order valence-electron chi connectivity index (χ1n) is 14.0. The SMILES string of the molecule is CCC(CC)C(=O)N1CCCC1C(=O)N[C@H](Cc1ccc2ccccc2c1)C(=O)NCCNC(=O)C(C)(C)N. The lowest BCUT2D eigenvalue weighted by Crippen LogP contribution is -2.55. The highest BCUT2D eigenvalue weighted by Gasteiger charge is 2.37. The third-order valence-electron chi connectivity index (χ3n) is 7.36. The van der Waals surface area contributed by atoms with Gasteiger partial charge in [0.1, 0.15) is 12.1 Å². The van der Waals surface area contributed by atoms with Gasteiger partial charge in [0, 0.05) is 32.0 Å². The maximum atomic E-state index is 13.5. The fourth-order valence-electron chi connectivity index (χ4n) is 4.97. The monoisotopic (exact) mass is 537 g/mol. The van der Waals surface area contributed by atoms with Crippen molar-refractivity contribution in [2.24, 2.45) is 11.7 Å². The minimum absolute atomic E-state index is 0.00625. The topological polar surface area (TPSA) is 134 Å².